The van der Waals surface area contributed by atoms with E-state index in [9.17, 15) is 13.6 Å². The average Bonchev–Trinajstić information content (AvgIpc) is 2.34. The molecule has 0 aliphatic carbocycles. The molecule has 0 bridgehead atoms. The molecular weight excluding hydrogens is 297 g/mol. The summed E-state index contributed by atoms with van der Waals surface area (Å²) in [6.07, 6.45) is 1.10. The fourth-order valence-electron chi connectivity index (χ4n) is 1.55. The Morgan fingerprint density at radius 2 is 1.74 bits per heavy atom. The Balaban J connectivity index is 2.67. The molecule has 2 rings (SSSR count). The van der Waals surface area contributed by atoms with Crippen molar-refractivity contribution in [3.63, 3.8) is 0 Å². The first-order valence-electron chi connectivity index (χ1n) is 5.01. The predicted octanol–water partition coefficient (Wildman–Crippen LogP) is 3.48. The molecule has 98 valence electrons. The SMILES string of the molecule is Nc1cnc(Cl)c(Cl)c1C(=O)c1c(F)cccc1F. The third kappa shape index (κ3) is 2.39. The summed E-state index contributed by atoms with van der Waals surface area (Å²) >= 11 is 11.5. The van der Waals surface area contributed by atoms with Gasteiger partial charge in [-0.05, 0) is 12.1 Å². The predicted molar refractivity (Wildman–Crippen MR) is 68.5 cm³/mol. The summed E-state index contributed by atoms with van der Waals surface area (Å²) in [5.74, 6) is -3.00. The third-order valence-electron chi connectivity index (χ3n) is 2.42. The van der Waals surface area contributed by atoms with Crippen LogP contribution in [0.5, 0.6) is 0 Å². The lowest BCUT2D eigenvalue weighted by molar-refractivity contribution is 0.103. The van der Waals surface area contributed by atoms with Crippen molar-refractivity contribution in [3.8, 4) is 0 Å². The molecule has 1 heterocycles. The molecule has 0 amide bonds. The minimum absolute atomic E-state index is 0.109. The molecule has 0 spiro atoms. The van der Waals surface area contributed by atoms with Crippen LogP contribution in [0.25, 0.3) is 0 Å². The van der Waals surface area contributed by atoms with E-state index in [1.165, 1.54) is 0 Å². The van der Waals surface area contributed by atoms with Crippen LogP contribution < -0.4 is 5.73 Å². The van der Waals surface area contributed by atoms with Gasteiger partial charge in [-0.3, -0.25) is 4.79 Å². The zero-order valence-electron chi connectivity index (χ0n) is 9.25. The topological polar surface area (TPSA) is 56.0 Å². The highest BCUT2D eigenvalue weighted by Gasteiger charge is 2.24. The Bertz CT molecular complexity index is 657. The van der Waals surface area contributed by atoms with Gasteiger partial charge in [-0.2, -0.15) is 0 Å². The number of halogens is 4. The molecule has 0 saturated carbocycles. The molecule has 0 atom stereocenters. The lowest BCUT2D eigenvalue weighted by atomic mass is 10.0. The monoisotopic (exact) mass is 302 g/mol. The van der Waals surface area contributed by atoms with Crippen molar-refractivity contribution in [3.05, 3.63) is 57.3 Å². The molecule has 19 heavy (non-hydrogen) atoms. The molecule has 2 aromatic rings. The van der Waals surface area contributed by atoms with Crippen LogP contribution in [-0.2, 0) is 0 Å². The lowest BCUT2D eigenvalue weighted by Crippen LogP contribution is -2.11. The first kappa shape index (κ1) is 13.7. The summed E-state index contributed by atoms with van der Waals surface area (Å²) in [5.41, 5.74) is 4.44. The standard InChI is InChI=1S/C12H6Cl2F2N2O/c13-10-9(7(17)4-18-12(10)14)11(19)8-5(15)2-1-3-6(8)16/h1-4H,17H2. The summed E-state index contributed by atoms with van der Waals surface area (Å²) < 4.78 is 27.1. The Hall–Kier alpha value is -1.72. The minimum Gasteiger partial charge on any atom is -0.397 e. The second-order valence-electron chi connectivity index (χ2n) is 3.62. The van der Waals surface area contributed by atoms with Crippen molar-refractivity contribution in [1.29, 1.82) is 0 Å². The van der Waals surface area contributed by atoms with Crippen LogP contribution >= 0.6 is 23.2 Å². The fraction of sp³-hybridized carbons (Fsp3) is 0. The number of rotatable bonds is 2. The van der Waals surface area contributed by atoms with Gasteiger partial charge in [0.1, 0.15) is 16.8 Å². The average molecular weight is 303 g/mol. The van der Waals surface area contributed by atoms with Gasteiger partial charge < -0.3 is 5.73 Å². The smallest absolute Gasteiger partial charge is 0.202 e. The number of hydrogen-bond acceptors (Lipinski definition) is 3. The van der Waals surface area contributed by atoms with Gasteiger partial charge in [-0.1, -0.05) is 29.3 Å². The number of carbonyl (C=O) groups is 1. The highest BCUT2D eigenvalue weighted by Crippen LogP contribution is 2.31. The molecule has 0 aliphatic heterocycles. The maximum Gasteiger partial charge on any atom is 0.202 e. The van der Waals surface area contributed by atoms with E-state index in [2.05, 4.69) is 4.98 Å². The molecular formula is C12H6Cl2F2N2O. The van der Waals surface area contributed by atoms with Crippen LogP contribution in [0.2, 0.25) is 10.2 Å². The zero-order chi connectivity index (χ0) is 14.2. The number of aromatic nitrogens is 1. The Kier molecular flexibility index (Phi) is 3.68. The van der Waals surface area contributed by atoms with Crippen molar-refractivity contribution in [1.82, 2.24) is 4.98 Å². The van der Waals surface area contributed by atoms with Crippen LogP contribution in [0.1, 0.15) is 15.9 Å². The van der Waals surface area contributed by atoms with E-state index in [1.807, 2.05) is 0 Å². The summed E-state index contributed by atoms with van der Waals surface area (Å²) in [4.78, 5) is 15.8. The molecule has 3 nitrogen and oxygen atoms in total. The van der Waals surface area contributed by atoms with Crippen molar-refractivity contribution in [2.45, 2.75) is 0 Å². The van der Waals surface area contributed by atoms with Gasteiger partial charge in [0.25, 0.3) is 0 Å². The first-order chi connectivity index (χ1) is 8.93. The summed E-state index contributed by atoms with van der Waals surface area (Å²) in [5, 5.41) is -0.412. The van der Waals surface area contributed by atoms with E-state index in [1.54, 1.807) is 0 Å². The van der Waals surface area contributed by atoms with Gasteiger partial charge in [0, 0.05) is 0 Å². The summed E-state index contributed by atoms with van der Waals surface area (Å²) in [7, 11) is 0. The van der Waals surface area contributed by atoms with Gasteiger partial charge in [-0.25, -0.2) is 13.8 Å². The van der Waals surface area contributed by atoms with Gasteiger partial charge >= 0.3 is 0 Å². The van der Waals surface area contributed by atoms with Gasteiger partial charge in [0.2, 0.25) is 5.78 Å². The number of benzene rings is 1. The van der Waals surface area contributed by atoms with E-state index in [0.717, 1.165) is 24.4 Å². The number of ketones is 1. The minimum atomic E-state index is -1.01. The quantitative estimate of drug-likeness (QED) is 0.682. The summed E-state index contributed by atoms with van der Waals surface area (Å²) in [6.45, 7) is 0. The number of anilines is 1. The number of hydrogen-bond donors (Lipinski definition) is 1. The fourth-order valence-corrected chi connectivity index (χ4v) is 1.93. The van der Waals surface area contributed by atoms with Crippen LogP contribution in [-0.4, -0.2) is 10.8 Å². The van der Waals surface area contributed by atoms with E-state index in [4.69, 9.17) is 28.9 Å². The van der Waals surface area contributed by atoms with Crippen molar-refractivity contribution >= 4 is 34.7 Å². The molecule has 0 fully saturated rings. The zero-order valence-corrected chi connectivity index (χ0v) is 10.8. The third-order valence-corrected chi connectivity index (χ3v) is 3.17. The van der Waals surface area contributed by atoms with Crippen LogP contribution in [0.3, 0.4) is 0 Å². The highest BCUT2D eigenvalue weighted by atomic mass is 35.5. The van der Waals surface area contributed by atoms with Crippen LogP contribution in [0.4, 0.5) is 14.5 Å². The second-order valence-corrected chi connectivity index (χ2v) is 4.36. The lowest BCUT2D eigenvalue weighted by Gasteiger charge is -2.09. The number of nitrogen functional groups attached to an aromatic ring is 1. The highest BCUT2D eigenvalue weighted by molar-refractivity contribution is 6.44. The second kappa shape index (κ2) is 5.11. The maximum atomic E-state index is 13.6. The van der Waals surface area contributed by atoms with Gasteiger partial charge in [0.15, 0.2) is 0 Å². The first-order valence-corrected chi connectivity index (χ1v) is 5.77. The van der Waals surface area contributed by atoms with E-state index >= 15 is 0 Å². The molecule has 0 radical (unpaired) electrons. The van der Waals surface area contributed by atoms with E-state index in [0.29, 0.717) is 0 Å². The number of nitrogens with zero attached hydrogens (tertiary/aromatic N) is 1. The number of carbonyl (C=O) groups excluding carboxylic acids is 1. The number of pyridine rings is 1. The summed E-state index contributed by atoms with van der Waals surface area (Å²) in [6, 6.07) is 3.07. The Labute approximate surface area is 117 Å². The van der Waals surface area contributed by atoms with E-state index in [-0.39, 0.29) is 21.4 Å². The Morgan fingerprint density at radius 3 is 2.32 bits per heavy atom. The largest absolute Gasteiger partial charge is 0.397 e. The number of nitrogens with two attached hydrogens (primary N) is 1. The van der Waals surface area contributed by atoms with Crippen molar-refractivity contribution in [2.24, 2.45) is 0 Å². The molecule has 1 aromatic heterocycles. The van der Waals surface area contributed by atoms with Crippen molar-refractivity contribution < 1.29 is 13.6 Å². The molecule has 0 aliphatic rings. The molecule has 0 saturated heterocycles. The normalized spacial score (nSPS) is 10.5. The molecule has 1 aromatic carbocycles. The molecule has 7 heteroatoms. The molecule has 2 N–H and O–H groups in total. The Morgan fingerprint density at radius 1 is 1.16 bits per heavy atom. The van der Waals surface area contributed by atoms with Crippen LogP contribution in [0, 0.1) is 11.6 Å². The molecule has 0 unspecified atom stereocenters. The van der Waals surface area contributed by atoms with Crippen LogP contribution in [0.15, 0.2) is 24.4 Å². The van der Waals surface area contributed by atoms with Crippen molar-refractivity contribution in [2.75, 3.05) is 5.73 Å². The van der Waals surface area contributed by atoms with Gasteiger partial charge in [-0.15, -0.1) is 0 Å². The van der Waals surface area contributed by atoms with Gasteiger partial charge in [0.05, 0.1) is 28.0 Å². The van der Waals surface area contributed by atoms with E-state index < -0.39 is 23.0 Å². The maximum absolute atomic E-state index is 13.6.